The third-order valence-electron chi connectivity index (χ3n) is 2.67. The van der Waals surface area contributed by atoms with Gasteiger partial charge in [-0.05, 0) is 25.5 Å². The van der Waals surface area contributed by atoms with Gasteiger partial charge in [0.1, 0.15) is 5.69 Å². The van der Waals surface area contributed by atoms with Gasteiger partial charge in [0.15, 0.2) is 0 Å². The zero-order chi connectivity index (χ0) is 14.4. The van der Waals surface area contributed by atoms with Crippen LogP contribution in [0.25, 0.3) is 0 Å². The Bertz CT molecular complexity index is 565. The van der Waals surface area contributed by atoms with Gasteiger partial charge in [0.25, 0.3) is 5.91 Å². The Morgan fingerprint density at radius 2 is 2.25 bits per heavy atom. The molecule has 0 aliphatic carbocycles. The van der Waals surface area contributed by atoms with Crippen LogP contribution >= 0.6 is 11.3 Å². The van der Waals surface area contributed by atoms with E-state index in [9.17, 15) is 4.79 Å². The number of hydrogen-bond acceptors (Lipinski definition) is 5. The predicted molar refractivity (Wildman–Crippen MR) is 81.0 cm³/mol. The van der Waals surface area contributed by atoms with E-state index in [4.69, 9.17) is 0 Å². The molecular formula is C14H18N4OS. The number of carbonyl (C=O) groups excluding carboxylic acids is 1. The maximum Gasteiger partial charge on any atom is 0.270 e. The predicted octanol–water partition coefficient (Wildman–Crippen LogP) is 2.60. The van der Waals surface area contributed by atoms with Gasteiger partial charge < -0.3 is 10.6 Å². The average Bonchev–Trinajstić information content (AvgIpc) is 2.89. The van der Waals surface area contributed by atoms with E-state index in [1.807, 2.05) is 18.4 Å². The van der Waals surface area contributed by atoms with Gasteiger partial charge in [-0.25, -0.2) is 9.97 Å². The van der Waals surface area contributed by atoms with Crippen molar-refractivity contribution < 1.29 is 4.79 Å². The van der Waals surface area contributed by atoms with Crippen LogP contribution in [-0.4, -0.2) is 22.4 Å². The number of anilines is 1. The number of thiazole rings is 1. The van der Waals surface area contributed by atoms with Crippen molar-refractivity contribution in [2.75, 3.05) is 11.9 Å². The van der Waals surface area contributed by atoms with Crippen molar-refractivity contribution in [3.8, 4) is 0 Å². The SMILES string of the molecule is CCCNc1ccc(C(=O)NCc2csc(C)n2)nc1. The average molecular weight is 290 g/mol. The summed E-state index contributed by atoms with van der Waals surface area (Å²) in [7, 11) is 0. The van der Waals surface area contributed by atoms with Crippen molar-refractivity contribution in [3.05, 3.63) is 40.1 Å². The third-order valence-corrected chi connectivity index (χ3v) is 3.49. The van der Waals surface area contributed by atoms with E-state index < -0.39 is 0 Å². The largest absolute Gasteiger partial charge is 0.384 e. The summed E-state index contributed by atoms with van der Waals surface area (Å²) in [6.07, 6.45) is 2.73. The molecule has 0 saturated heterocycles. The molecule has 0 spiro atoms. The Labute approximate surface area is 122 Å². The molecule has 0 atom stereocenters. The van der Waals surface area contributed by atoms with Crippen LogP contribution < -0.4 is 10.6 Å². The quantitative estimate of drug-likeness (QED) is 0.858. The standard InChI is InChI=1S/C14H18N4OS/c1-3-6-15-11-4-5-13(16-7-11)14(19)17-8-12-9-20-10(2)18-12/h4-5,7,9,15H,3,6,8H2,1-2H3,(H,17,19). The maximum absolute atomic E-state index is 11.9. The molecule has 0 unspecified atom stereocenters. The van der Waals surface area contributed by atoms with E-state index in [2.05, 4.69) is 27.5 Å². The summed E-state index contributed by atoms with van der Waals surface area (Å²) < 4.78 is 0. The van der Waals surface area contributed by atoms with E-state index in [-0.39, 0.29) is 5.91 Å². The molecule has 0 fully saturated rings. The minimum atomic E-state index is -0.183. The van der Waals surface area contributed by atoms with E-state index in [0.29, 0.717) is 12.2 Å². The van der Waals surface area contributed by atoms with Gasteiger partial charge in [-0.15, -0.1) is 11.3 Å². The van der Waals surface area contributed by atoms with Crippen molar-refractivity contribution in [2.45, 2.75) is 26.8 Å². The van der Waals surface area contributed by atoms with E-state index in [1.54, 1.807) is 23.6 Å². The van der Waals surface area contributed by atoms with Crippen LogP contribution in [0.2, 0.25) is 0 Å². The Kier molecular flexibility index (Phi) is 5.06. The smallest absolute Gasteiger partial charge is 0.270 e. The fraction of sp³-hybridized carbons (Fsp3) is 0.357. The number of pyridine rings is 1. The van der Waals surface area contributed by atoms with Crippen LogP contribution in [0.15, 0.2) is 23.7 Å². The second-order valence-electron chi connectivity index (χ2n) is 4.40. The number of aryl methyl sites for hydroxylation is 1. The maximum atomic E-state index is 11.9. The molecule has 0 aliphatic heterocycles. The lowest BCUT2D eigenvalue weighted by Crippen LogP contribution is -2.23. The summed E-state index contributed by atoms with van der Waals surface area (Å²) in [6, 6.07) is 3.59. The molecule has 20 heavy (non-hydrogen) atoms. The fourth-order valence-corrected chi connectivity index (χ4v) is 2.27. The zero-order valence-corrected chi connectivity index (χ0v) is 12.5. The van der Waals surface area contributed by atoms with Crippen molar-refractivity contribution in [3.63, 3.8) is 0 Å². The molecule has 2 aromatic heterocycles. The number of hydrogen-bond donors (Lipinski definition) is 2. The second-order valence-corrected chi connectivity index (χ2v) is 5.46. The van der Waals surface area contributed by atoms with Gasteiger partial charge in [-0.3, -0.25) is 4.79 Å². The lowest BCUT2D eigenvalue weighted by atomic mass is 10.3. The Hall–Kier alpha value is -1.95. The molecule has 2 rings (SSSR count). The van der Waals surface area contributed by atoms with Crippen LogP contribution in [0.4, 0.5) is 5.69 Å². The van der Waals surface area contributed by atoms with Crippen LogP contribution in [0, 0.1) is 6.92 Å². The van der Waals surface area contributed by atoms with Crippen LogP contribution in [0.1, 0.15) is 34.5 Å². The van der Waals surface area contributed by atoms with Gasteiger partial charge in [0, 0.05) is 11.9 Å². The monoisotopic (exact) mass is 290 g/mol. The topological polar surface area (TPSA) is 66.9 Å². The first kappa shape index (κ1) is 14.5. The molecule has 0 radical (unpaired) electrons. The van der Waals surface area contributed by atoms with Gasteiger partial charge in [-0.2, -0.15) is 0 Å². The van der Waals surface area contributed by atoms with E-state index >= 15 is 0 Å². The highest BCUT2D eigenvalue weighted by Gasteiger charge is 2.07. The molecule has 0 aliphatic rings. The molecule has 0 saturated carbocycles. The normalized spacial score (nSPS) is 10.3. The fourth-order valence-electron chi connectivity index (χ4n) is 1.65. The number of nitrogens with one attached hydrogen (secondary N) is 2. The summed E-state index contributed by atoms with van der Waals surface area (Å²) in [5.41, 5.74) is 2.22. The highest BCUT2D eigenvalue weighted by molar-refractivity contribution is 7.09. The molecule has 0 aromatic carbocycles. The number of carbonyl (C=O) groups is 1. The second kappa shape index (κ2) is 7.00. The van der Waals surface area contributed by atoms with E-state index in [1.165, 1.54) is 0 Å². The van der Waals surface area contributed by atoms with Crippen molar-refractivity contribution in [2.24, 2.45) is 0 Å². The summed E-state index contributed by atoms with van der Waals surface area (Å²) in [5, 5.41) is 8.98. The first-order chi connectivity index (χ1) is 9.69. The van der Waals surface area contributed by atoms with Gasteiger partial charge in [-0.1, -0.05) is 6.92 Å². The molecule has 6 heteroatoms. The zero-order valence-electron chi connectivity index (χ0n) is 11.6. The first-order valence-corrected chi connectivity index (χ1v) is 7.46. The molecular weight excluding hydrogens is 272 g/mol. The van der Waals surface area contributed by atoms with Gasteiger partial charge in [0.05, 0.1) is 29.1 Å². The molecule has 106 valence electrons. The molecule has 1 amide bonds. The van der Waals surface area contributed by atoms with Gasteiger partial charge in [0.2, 0.25) is 0 Å². The summed E-state index contributed by atoms with van der Waals surface area (Å²) in [5.74, 6) is -0.183. The summed E-state index contributed by atoms with van der Waals surface area (Å²) in [4.78, 5) is 20.4. The number of aromatic nitrogens is 2. The Morgan fingerprint density at radius 3 is 2.85 bits per heavy atom. The van der Waals surface area contributed by atoms with Crippen LogP contribution in [0.5, 0.6) is 0 Å². The van der Waals surface area contributed by atoms with Crippen LogP contribution in [0.3, 0.4) is 0 Å². The highest BCUT2D eigenvalue weighted by atomic mass is 32.1. The molecule has 2 N–H and O–H groups in total. The molecule has 0 bridgehead atoms. The lowest BCUT2D eigenvalue weighted by molar-refractivity contribution is 0.0945. The highest BCUT2D eigenvalue weighted by Crippen LogP contribution is 2.08. The number of amides is 1. The van der Waals surface area contributed by atoms with Crippen molar-refractivity contribution >= 4 is 22.9 Å². The van der Waals surface area contributed by atoms with E-state index in [0.717, 1.165) is 29.4 Å². The molecule has 5 nitrogen and oxygen atoms in total. The molecule has 2 heterocycles. The minimum Gasteiger partial charge on any atom is -0.384 e. The van der Waals surface area contributed by atoms with Crippen molar-refractivity contribution in [1.82, 2.24) is 15.3 Å². The number of rotatable bonds is 6. The third kappa shape index (κ3) is 4.03. The Balaban J connectivity index is 1.88. The van der Waals surface area contributed by atoms with Gasteiger partial charge >= 0.3 is 0 Å². The first-order valence-electron chi connectivity index (χ1n) is 6.58. The molecule has 2 aromatic rings. The van der Waals surface area contributed by atoms with Crippen molar-refractivity contribution in [1.29, 1.82) is 0 Å². The van der Waals surface area contributed by atoms with Crippen LogP contribution in [-0.2, 0) is 6.54 Å². The Morgan fingerprint density at radius 1 is 1.40 bits per heavy atom. The minimum absolute atomic E-state index is 0.183. The lowest BCUT2D eigenvalue weighted by Gasteiger charge is -2.06. The summed E-state index contributed by atoms with van der Waals surface area (Å²) >= 11 is 1.58. The summed E-state index contributed by atoms with van der Waals surface area (Å²) in [6.45, 7) is 5.37. The number of nitrogens with zero attached hydrogens (tertiary/aromatic N) is 2.